The lowest BCUT2D eigenvalue weighted by molar-refractivity contribution is 0.0697. The van der Waals surface area contributed by atoms with Crippen LogP contribution in [-0.4, -0.2) is 20.6 Å². The third kappa shape index (κ3) is 2.78. The van der Waals surface area contributed by atoms with Crippen molar-refractivity contribution in [2.45, 2.75) is 25.2 Å². The highest BCUT2D eigenvalue weighted by Gasteiger charge is 2.21. The molecule has 138 valence electrons. The second-order valence-corrected chi connectivity index (χ2v) is 7.41. The van der Waals surface area contributed by atoms with E-state index < -0.39 is 5.97 Å². The number of fused-ring (bicyclic) bond motifs is 1. The highest BCUT2D eigenvalue weighted by atomic mass is 16.4. The normalized spacial score (nSPS) is 14.1. The van der Waals surface area contributed by atoms with Crippen molar-refractivity contribution in [3.05, 3.63) is 84.2 Å². The maximum atomic E-state index is 11.5. The fraction of sp³-hybridized carbons (Fsp3) is 0.167. The molecular formula is C24H20N2O2. The highest BCUT2D eigenvalue weighted by molar-refractivity contribution is 5.96. The van der Waals surface area contributed by atoms with Crippen LogP contribution in [-0.2, 0) is 0 Å². The van der Waals surface area contributed by atoms with E-state index in [9.17, 15) is 9.90 Å². The zero-order valence-corrected chi connectivity index (χ0v) is 15.4. The van der Waals surface area contributed by atoms with Gasteiger partial charge in [-0.25, -0.2) is 4.79 Å². The number of hydrogen-bond acceptors (Lipinski definition) is 2. The first-order valence-electron chi connectivity index (χ1n) is 9.60. The summed E-state index contributed by atoms with van der Waals surface area (Å²) in [6.45, 7) is 0. The number of pyridine rings is 1. The average molecular weight is 368 g/mol. The van der Waals surface area contributed by atoms with Crippen molar-refractivity contribution in [1.82, 2.24) is 9.55 Å². The van der Waals surface area contributed by atoms with Crippen LogP contribution in [0.15, 0.2) is 73.1 Å². The van der Waals surface area contributed by atoms with Crippen molar-refractivity contribution in [3.63, 3.8) is 0 Å². The molecule has 0 radical (unpaired) electrons. The van der Waals surface area contributed by atoms with Crippen molar-refractivity contribution < 1.29 is 9.90 Å². The van der Waals surface area contributed by atoms with Crippen LogP contribution < -0.4 is 0 Å². The van der Waals surface area contributed by atoms with Crippen LogP contribution in [0.5, 0.6) is 0 Å². The fourth-order valence-electron chi connectivity index (χ4n) is 4.00. The molecule has 0 bridgehead atoms. The number of benzene rings is 2. The average Bonchev–Trinajstić information content (AvgIpc) is 3.06. The first-order valence-corrected chi connectivity index (χ1v) is 9.60. The molecule has 2 heterocycles. The summed E-state index contributed by atoms with van der Waals surface area (Å²) in [4.78, 5) is 15.8. The molecule has 1 N–H and O–H groups in total. The molecule has 28 heavy (non-hydrogen) atoms. The van der Waals surface area contributed by atoms with Crippen molar-refractivity contribution in [1.29, 1.82) is 0 Å². The molecule has 5 rings (SSSR count). The summed E-state index contributed by atoms with van der Waals surface area (Å²) < 4.78 is 2.11. The third-order valence-corrected chi connectivity index (χ3v) is 5.71. The Morgan fingerprint density at radius 1 is 1.04 bits per heavy atom. The van der Waals surface area contributed by atoms with Crippen LogP contribution >= 0.6 is 0 Å². The van der Waals surface area contributed by atoms with Crippen molar-refractivity contribution in [3.8, 4) is 16.9 Å². The summed E-state index contributed by atoms with van der Waals surface area (Å²) >= 11 is 0. The van der Waals surface area contributed by atoms with E-state index in [0.29, 0.717) is 5.92 Å². The van der Waals surface area contributed by atoms with Gasteiger partial charge in [0.2, 0.25) is 0 Å². The Morgan fingerprint density at radius 3 is 2.64 bits per heavy atom. The van der Waals surface area contributed by atoms with Gasteiger partial charge >= 0.3 is 5.97 Å². The molecule has 2 aromatic heterocycles. The molecule has 0 aliphatic heterocycles. The minimum Gasteiger partial charge on any atom is -0.478 e. The fourth-order valence-corrected chi connectivity index (χ4v) is 4.00. The number of carboxylic acid groups (broad SMARTS) is 1. The Morgan fingerprint density at radius 2 is 1.93 bits per heavy atom. The van der Waals surface area contributed by atoms with Crippen LogP contribution in [0, 0.1) is 0 Å². The molecule has 0 amide bonds. The lowest BCUT2D eigenvalue weighted by Gasteiger charge is -2.26. The monoisotopic (exact) mass is 368 g/mol. The Balaban J connectivity index is 1.75. The molecule has 0 saturated heterocycles. The van der Waals surface area contributed by atoms with E-state index in [-0.39, 0.29) is 5.56 Å². The summed E-state index contributed by atoms with van der Waals surface area (Å²) in [5.41, 5.74) is 5.65. The van der Waals surface area contributed by atoms with Crippen LogP contribution in [0.4, 0.5) is 0 Å². The Hall–Kier alpha value is -3.40. The smallest absolute Gasteiger partial charge is 0.335 e. The second-order valence-electron chi connectivity index (χ2n) is 7.41. The number of nitrogens with zero attached hydrogens (tertiary/aromatic N) is 2. The standard InChI is InChI=1S/C24H20N2O2/c27-24(28)20-10-9-19-13-22(18-7-2-6-17(12-18)16-4-1-5-16)26(23(19)14-20)21-8-3-11-25-15-21/h2-3,6-16H,1,4-5H2,(H,27,28). The first kappa shape index (κ1) is 16.8. The Kier molecular flexibility index (Phi) is 3.97. The van der Waals surface area contributed by atoms with Gasteiger partial charge < -0.3 is 9.67 Å². The number of carboxylic acids is 1. The number of hydrogen-bond donors (Lipinski definition) is 1. The molecule has 0 spiro atoms. The van der Waals surface area contributed by atoms with Crippen LogP contribution in [0.1, 0.15) is 41.1 Å². The van der Waals surface area contributed by atoms with Gasteiger partial charge in [-0.05, 0) is 66.3 Å². The van der Waals surface area contributed by atoms with Crippen molar-refractivity contribution in [2.75, 3.05) is 0 Å². The number of aromatic nitrogens is 2. The number of rotatable bonds is 4. The largest absolute Gasteiger partial charge is 0.478 e. The van der Waals surface area contributed by atoms with Crippen LogP contribution in [0.25, 0.3) is 27.8 Å². The van der Waals surface area contributed by atoms with Crippen molar-refractivity contribution >= 4 is 16.9 Å². The lowest BCUT2D eigenvalue weighted by atomic mass is 9.79. The molecule has 4 aromatic rings. The quantitative estimate of drug-likeness (QED) is 0.506. The maximum Gasteiger partial charge on any atom is 0.335 e. The molecule has 1 saturated carbocycles. The van der Waals surface area contributed by atoms with E-state index in [0.717, 1.165) is 27.8 Å². The molecule has 1 aliphatic rings. The Labute approximate surface area is 163 Å². The zero-order chi connectivity index (χ0) is 19.1. The van der Waals surface area contributed by atoms with E-state index in [1.165, 1.54) is 24.8 Å². The van der Waals surface area contributed by atoms with Gasteiger partial charge in [0.1, 0.15) is 0 Å². The summed E-state index contributed by atoms with van der Waals surface area (Å²) in [5, 5.41) is 10.5. The van der Waals surface area contributed by atoms with Crippen LogP contribution in [0.2, 0.25) is 0 Å². The molecule has 1 fully saturated rings. The number of aromatic carboxylic acids is 1. The van der Waals surface area contributed by atoms with E-state index in [4.69, 9.17) is 0 Å². The second kappa shape index (κ2) is 6.64. The molecule has 4 heteroatoms. The van der Waals surface area contributed by atoms with E-state index in [1.807, 2.05) is 24.4 Å². The van der Waals surface area contributed by atoms with Gasteiger partial charge in [0.15, 0.2) is 0 Å². The van der Waals surface area contributed by atoms with E-state index in [2.05, 4.69) is 39.9 Å². The Bertz CT molecular complexity index is 1170. The summed E-state index contributed by atoms with van der Waals surface area (Å²) in [5.74, 6) is -0.260. The third-order valence-electron chi connectivity index (χ3n) is 5.71. The highest BCUT2D eigenvalue weighted by Crippen LogP contribution is 2.39. The summed E-state index contributed by atoms with van der Waals surface area (Å²) in [7, 11) is 0. The maximum absolute atomic E-state index is 11.5. The topological polar surface area (TPSA) is 55.1 Å². The molecule has 2 aromatic carbocycles. The van der Waals surface area contributed by atoms with Crippen LogP contribution in [0.3, 0.4) is 0 Å². The van der Waals surface area contributed by atoms with E-state index >= 15 is 0 Å². The number of carbonyl (C=O) groups is 1. The van der Waals surface area contributed by atoms with Gasteiger partial charge in [-0.15, -0.1) is 0 Å². The minimum atomic E-state index is -0.922. The van der Waals surface area contributed by atoms with Gasteiger partial charge in [-0.2, -0.15) is 0 Å². The zero-order valence-electron chi connectivity index (χ0n) is 15.4. The van der Waals surface area contributed by atoms with Gasteiger partial charge in [0.05, 0.1) is 28.7 Å². The summed E-state index contributed by atoms with van der Waals surface area (Å²) in [6, 6.07) is 20.1. The SMILES string of the molecule is O=C(O)c1ccc2cc(-c3cccc(C4CCC4)c3)n(-c3cccnc3)c2c1. The predicted octanol–water partition coefficient (Wildman–Crippen LogP) is 5.66. The molecule has 4 nitrogen and oxygen atoms in total. The molecule has 0 atom stereocenters. The van der Waals surface area contributed by atoms with Gasteiger partial charge in [-0.3, -0.25) is 4.98 Å². The first-order chi connectivity index (χ1) is 13.7. The lowest BCUT2D eigenvalue weighted by Crippen LogP contribution is -2.08. The van der Waals surface area contributed by atoms with Crippen molar-refractivity contribution in [2.24, 2.45) is 0 Å². The minimum absolute atomic E-state index is 0.283. The van der Waals surface area contributed by atoms with Gasteiger partial charge in [0, 0.05) is 11.6 Å². The summed E-state index contributed by atoms with van der Waals surface area (Å²) in [6.07, 6.45) is 7.39. The van der Waals surface area contributed by atoms with E-state index in [1.54, 1.807) is 18.3 Å². The molecule has 0 unspecified atom stereocenters. The molecule has 1 aliphatic carbocycles. The molecular weight excluding hydrogens is 348 g/mol. The van der Waals surface area contributed by atoms with Gasteiger partial charge in [-0.1, -0.05) is 30.7 Å². The predicted molar refractivity (Wildman–Crippen MR) is 110 cm³/mol. The van der Waals surface area contributed by atoms with Gasteiger partial charge in [0.25, 0.3) is 0 Å².